The highest BCUT2D eigenvalue weighted by Crippen LogP contribution is 2.25. The zero-order chi connectivity index (χ0) is 20.9. The van der Waals surface area contributed by atoms with Gasteiger partial charge in [0.1, 0.15) is 6.54 Å². The lowest BCUT2D eigenvalue weighted by Crippen LogP contribution is -2.38. The number of benzene rings is 3. The Labute approximate surface area is 179 Å². The number of carbonyl (C=O) groups is 1. The molecule has 0 unspecified atom stereocenters. The normalized spacial score (nSPS) is 11.1. The standard InChI is InChI=1S/C22H21BrN2O3S/c1-2-17-8-12-19(13-9-17)24-22(26)16-25(20-14-10-18(23)11-15-20)29(27,28)21-6-4-3-5-7-21/h3-15H,2,16H2,1H3,(H,24,26). The van der Waals surface area contributed by atoms with Crippen LogP contribution in [0.2, 0.25) is 0 Å². The molecule has 1 N–H and O–H groups in total. The van der Waals surface area contributed by atoms with Gasteiger partial charge >= 0.3 is 0 Å². The molecule has 5 nitrogen and oxygen atoms in total. The van der Waals surface area contributed by atoms with E-state index in [0.717, 1.165) is 20.8 Å². The van der Waals surface area contributed by atoms with E-state index >= 15 is 0 Å². The Bertz CT molecular complexity index is 1070. The first-order valence-electron chi connectivity index (χ1n) is 9.12. The Morgan fingerprint density at radius 2 is 1.55 bits per heavy atom. The predicted molar refractivity (Wildman–Crippen MR) is 120 cm³/mol. The van der Waals surface area contributed by atoms with Gasteiger partial charge in [-0.15, -0.1) is 0 Å². The summed E-state index contributed by atoms with van der Waals surface area (Å²) in [6.45, 7) is 1.71. The zero-order valence-corrected chi connectivity index (χ0v) is 18.3. The molecular formula is C22H21BrN2O3S. The van der Waals surface area contributed by atoms with E-state index in [-0.39, 0.29) is 11.4 Å². The van der Waals surface area contributed by atoms with Crippen molar-refractivity contribution in [2.75, 3.05) is 16.2 Å². The second kappa shape index (κ2) is 9.24. The molecule has 3 aromatic rings. The van der Waals surface area contributed by atoms with E-state index in [1.54, 1.807) is 42.5 Å². The molecule has 150 valence electrons. The number of aryl methyl sites for hydroxylation is 1. The second-order valence-electron chi connectivity index (χ2n) is 6.40. The van der Waals surface area contributed by atoms with Crippen LogP contribution in [-0.4, -0.2) is 20.9 Å². The number of sulfonamides is 1. The maximum atomic E-state index is 13.2. The molecule has 0 heterocycles. The largest absolute Gasteiger partial charge is 0.325 e. The number of nitrogens with zero attached hydrogens (tertiary/aromatic N) is 1. The van der Waals surface area contributed by atoms with Crippen LogP contribution in [0, 0.1) is 0 Å². The van der Waals surface area contributed by atoms with E-state index in [9.17, 15) is 13.2 Å². The number of amides is 1. The van der Waals surface area contributed by atoms with E-state index in [4.69, 9.17) is 0 Å². The van der Waals surface area contributed by atoms with Crippen molar-refractivity contribution in [3.63, 3.8) is 0 Å². The number of hydrogen-bond donors (Lipinski definition) is 1. The molecule has 0 aliphatic carbocycles. The number of anilines is 2. The van der Waals surface area contributed by atoms with Crippen molar-refractivity contribution in [3.8, 4) is 0 Å². The van der Waals surface area contributed by atoms with Gasteiger partial charge in [-0.1, -0.05) is 53.2 Å². The number of rotatable bonds is 7. The molecule has 7 heteroatoms. The third-order valence-electron chi connectivity index (χ3n) is 4.38. The summed E-state index contributed by atoms with van der Waals surface area (Å²) in [4.78, 5) is 12.8. The average Bonchev–Trinajstić information content (AvgIpc) is 2.74. The van der Waals surface area contributed by atoms with Crippen LogP contribution in [0.5, 0.6) is 0 Å². The van der Waals surface area contributed by atoms with Crippen LogP contribution in [0.1, 0.15) is 12.5 Å². The van der Waals surface area contributed by atoms with Crippen LogP contribution >= 0.6 is 15.9 Å². The fourth-order valence-electron chi connectivity index (χ4n) is 2.80. The number of carbonyl (C=O) groups excluding carboxylic acids is 1. The molecule has 29 heavy (non-hydrogen) atoms. The highest BCUT2D eigenvalue weighted by Gasteiger charge is 2.27. The molecule has 3 rings (SSSR count). The minimum absolute atomic E-state index is 0.128. The van der Waals surface area contributed by atoms with Crippen molar-refractivity contribution in [3.05, 3.63) is 88.9 Å². The molecule has 0 aliphatic rings. The molecule has 3 aromatic carbocycles. The van der Waals surface area contributed by atoms with E-state index in [1.165, 1.54) is 12.1 Å². The van der Waals surface area contributed by atoms with Gasteiger partial charge in [0.15, 0.2) is 0 Å². The van der Waals surface area contributed by atoms with Crippen molar-refractivity contribution in [1.82, 2.24) is 0 Å². The lowest BCUT2D eigenvalue weighted by atomic mass is 10.1. The first-order chi connectivity index (χ1) is 13.9. The summed E-state index contributed by atoms with van der Waals surface area (Å²) in [6.07, 6.45) is 0.904. The molecule has 0 saturated heterocycles. The van der Waals surface area contributed by atoms with Crippen molar-refractivity contribution >= 4 is 43.2 Å². The minimum Gasteiger partial charge on any atom is -0.325 e. The monoisotopic (exact) mass is 472 g/mol. The van der Waals surface area contributed by atoms with E-state index in [1.807, 2.05) is 24.3 Å². The van der Waals surface area contributed by atoms with Gasteiger partial charge in [-0.05, 0) is 60.5 Å². The van der Waals surface area contributed by atoms with E-state index in [2.05, 4.69) is 28.2 Å². The summed E-state index contributed by atoms with van der Waals surface area (Å²) in [5.41, 5.74) is 2.19. The molecule has 0 fully saturated rings. The van der Waals surface area contributed by atoms with Gasteiger partial charge in [0.2, 0.25) is 5.91 Å². The zero-order valence-electron chi connectivity index (χ0n) is 15.9. The highest BCUT2D eigenvalue weighted by atomic mass is 79.9. The molecule has 0 aromatic heterocycles. The smallest absolute Gasteiger partial charge is 0.264 e. The van der Waals surface area contributed by atoms with Crippen molar-refractivity contribution in [1.29, 1.82) is 0 Å². The molecule has 0 saturated carbocycles. The fourth-order valence-corrected chi connectivity index (χ4v) is 4.50. The Kier molecular flexibility index (Phi) is 6.71. The second-order valence-corrected chi connectivity index (χ2v) is 9.18. The van der Waals surface area contributed by atoms with Crippen molar-refractivity contribution in [2.45, 2.75) is 18.2 Å². The van der Waals surface area contributed by atoms with Crippen LogP contribution < -0.4 is 9.62 Å². The molecule has 0 spiro atoms. The van der Waals surface area contributed by atoms with Gasteiger partial charge in [-0.3, -0.25) is 9.10 Å². The Balaban J connectivity index is 1.88. The quantitative estimate of drug-likeness (QED) is 0.534. The number of nitrogens with one attached hydrogen (secondary N) is 1. The summed E-state index contributed by atoms with van der Waals surface area (Å²) in [5, 5.41) is 2.77. The molecule has 0 radical (unpaired) electrons. The summed E-state index contributed by atoms with van der Waals surface area (Å²) in [7, 11) is -3.91. The molecule has 0 bridgehead atoms. The highest BCUT2D eigenvalue weighted by molar-refractivity contribution is 9.10. The molecule has 0 aliphatic heterocycles. The fraction of sp³-hybridized carbons (Fsp3) is 0.136. The van der Waals surface area contributed by atoms with E-state index < -0.39 is 15.9 Å². The number of hydrogen-bond acceptors (Lipinski definition) is 3. The van der Waals surface area contributed by atoms with Crippen molar-refractivity contribution < 1.29 is 13.2 Å². The van der Waals surface area contributed by atoms with Crippen molar-refractivity contribution in [2.24, 2.45) is 0 Å². The lowest BCUT2D eigenvalue weighted by Gasteiger charge is -2.24. The third kappa shape index (κ3) is 5.25. The van der Waals surface area contributed by atoms with Crippen LogP contribution in [0.3, 0.4) is 0 Å². The third-order valence-corrected chi connectivity index (χ3v) is 6.70. The molecule has 0 atom stereocenters. The summed E-state index contributed by atoms with van der Waals surface area (Å²) in [5.74, 6) is -0.420. The Hall–Kier alpha value is -2.64. The molecular weight excluding hydrogens is 452 g/mol. The summed E-state index contributed by atoms with van der Waals surface area (Å²) in [6, 6.07) is 22.4. The van der Waals surface area contributed by atoms with Crippen LogP contribution in [0.25, 0.3) is 0 Å². The van der Waals surface area contributed by atoms with Crippen LogP contribution in [0.4, 0.5) is 11.4 Å². The summed E-state index contributed by atoms with van der Waals surface area (Å²) >= 11 is 3.35. The number of halogens is 1. The first-order valence-corrected chi connectivity index (χ1v) is 11.4. The van der Waals surface area contributed by atoms with Gasteiger partial charge in [0, 0.05) is 10.2 Å². The van der Waals surface area contributed by atoms with Crippen LogP contribution in [-0.2, 0) is 21.2 Å². The molecule has 1 amide bonds. The van der Waals surface area contributed by atoms with Gasteiger partial charge in [-0.25, -0.2) is 8.42 Å². The summed E-state index contributed by atoms with van der Waals surface area (Å²) < 4.78 is 28.4. The van der Waals surface area contributed by atoms with Gasteiger partial charge in [0.25, 0.3) is 10.0 Å². The van der Waals surface area contributed by atoms with Crippen LogP contribution in [0.15, 0.2) is 88.2 Å². The maximum absolute atomic E-state index is 13.2. The minimum atomic E-state index is -3.91. The Morgan fingerprint density at radius 1 is 0.931 bits per heavy atom. The SMILES string of the molecule is CCc1ccc(NC(=O)CN(c2ccc(Br)cc2)S(=O)(=O)c2ccccc2)cc1. The predicted octanol–water partition coefficient (Wildman–Crippen LogP) is 4.85. The lowest BCUT2D eigenvalue weighted by molar-refractivity contribution is -0.114. The van der Waals surface area contributed by atoms with Gasteiger partial charge < -0.3 is 5.32 Å². The maximum Gasteiger partial charge on any atom is 0.264 e. The average molecular weight is 473 g/mol. The Morgan fingerprint density at radius 3 is 2.14 bits per heavy atom. The van der Waals surface area contributed by atoms with Gasteiger partial charge in [0.05, 0.1) is 10.6 Å². The first kappa shape index (κ1) is 21.1. The topological polar surface area (TPSA) is 66.5 Å². The van der Waals surface area contributed by atoms with Gasteiger partial charge in [-0.2, -0.15) is 0 Å². The van der Waals surface area contributed by atoms with E-state index in [0.29, 0.717) is 11.4 Å².